The van der Waals surface area contributed by atoms with E-state index in [-0.39, 0.29) is 5.84 Å². The molecule has 0 radical (unpaired) electrons. The van der Waals surface area contributed by atoms with Crippen molar-refractivity contribution in [2.45, 2.75) is 26.7 Å². The van der Waals surface area contributed by atoms with Crippen molar-refractivity contribution in [1.82, 2.24) is 9.78 Å². The molecule has 5 nitrogen and oxygen atoms in total. The molecule has 0 atom stereocenters. The summed E-state index contributed by atoms with van der Waals surface area (Å²) in [6.07, 6.45) is 1.89. The first-order valence-electron chi connectivity index (χ1n) is 6.17. The summed E-state index contributed by atoms with van der Waals surface area (Å²) in [6.45, 7) is 6.17. The van der Waals surface area contributed by atoms with Gasteiger partial charge in [0, 0.05) is 11.8 Å². The number of oxime groups is 1. The molecule has 0 spiro atoms. The van der Waals surface area contributed by atoms with Gasteiger partial charge in [0.15, 0.2) is 5.84 Å². The molecule has 5 heteroatoms. The molecule has 19 heavy (non-hydrogen) atoms. The van der Waals surface area contributed by atoms with Crippen LogP contribution in [0.2, 0.25) is 0 Å². The molecule has 0 saturated heterocycles. The third-order valence-electron chi connectivity index (χ3n) is 2.98. The molecule has 0 aliphatic heterocycles. The van der Waals surface area contributed by atoms with Gasteiger partial charge in [0.25, 0.3) is 0 Å². The number of aromatic nitrogens is 2. The van der Waals surface area contributed by atoms with E-state index in [1.807, 2.05) is 37.4 Å². The molecule has 0 unspecified atom stereocenters. The van der Waals surface area contributed by atoms with Gasteiger partial charge in [-0.15, -0.1) is 0 Å². The topological polar surface area (TPSA) is 76.4 Å². The molecule has 0 aliphatic carbocycles. The Morgan fingerprint density at radius 2 is 2.11 bits per heavy atom. The van der Waals surface area contributed by atoms with E-state index in [1.54, 1.807) is 4.68 Å². The normalized spacial score (nSPS) is 12.1. The monoisotopic (exact) mass is 258 g/mol. The van der Waals surface area contributed by atoms with E-state index in [4.69, 9.17) is 10.9 Å². The van der Waals surface area contributed by atoms with Crippen molar-refractivity contribution in [3.8, 4) is 5.69 Å². The third kappa shape index (κ3) is 2.59. The SMILES string of the molecule is Cc1ccc(C(N)=NO)c(-n2ccc(C(C)C)n2)c1. The van der Waals surface area contributed by atoms with Crippen molar-refractivity contribution in [3.05, 3.63) is 47.3 Å². The van der Waals surface area contributed by atoms with Crippen LogP contribution < -0.4 is 5.73 Å². The van der Waals surface area contributed by atoms with E-state index >= 15 is 0 Å². The zero-order valence-corrected chi connectivity index (χ0v) is 11.3. The van der Waals surface area contributed by atoms with Crippen LogP contribution in [0.25, 0.3) is 5.69 Å². The lowest BCUT2D eigenvalue weighted by Gasteiger charge is -2.09. The van der Waals surface area contributed by atoms with Gasteiger partial charge in [-0.1, -0.05) is 25.1 Å². The summed E-state index contributed by atoms with van der Waals surface area (Å²) in [5.74, 6) is 0.440. The summed E-state index contributed by atoms with van der Waals surface area (Å²) in [4.78, 5) is 0. The van der Waals surface area contributed by atoms with E-state index < -0.39 is 0 Å². The van der Waals surface area contributed by atoms with Gasteiger partial charge in [-0.05, 0) is 36.6 Å². The number of nitrogens with zero attached hydrogens (tertiary/aromatic N) is 3. The summed E-state index contributed by atoms with van der Waals surface area (Å²) >= 11 is 0. The van der Waals surface area contributed by atoms with Crippen molar-refractivity contribution in [2.75, 3.05) is 0 Å². The molecule has 100 valence electrons. The molecule has 2 aromatic rings. The van der Waals surface area contributed by atoms with Crippen molar-refractivity contribution in [1.29, 1.82) is 0 Å². The van der Waals surface area contributed by atoms with Gasteiger partial charge in [-0.3, -0.25) is 0 Å². The Morgan fingerprint density at radius 3 is 2.68 bits per heavy atom. The van der Waals surface area contributed by atoms with E-state index in [2.05, 4.69) is 24.1 Å². The molecule has 0 fully saturated rings. The van der Waals surface area contributed by atoms with Gasteiger partial charge in [0.2, 0.25) is 0 Å². The fourth-order valence-corrected chi connectivity index (χ4v) is 1.88. The number of hydrogen-bond acceptors (Lipinski definition) is 3. The first kappa shape index (κ1) is 13.1. The lowest BCUT2D eigenvalue weighted by molar-refractivity contribution is 0.318. The van der Waals surface area contributed by atoms with Crippen molar-refractivity contribution in [2.24, 2.45) is 10.9 Å². The van der Waals surface area contributed by atoms with Gasteiger partial charge in [-0.25, -0.2) is 4.68 Å². The number of rotatable bonds is 3. The molecule has 0 saturated carbocycles. The predicted octanol–water partition coefficient (Wildman–Crippen LogP) is 2.40. The number of nitrogens with two attached hydrogens (primary N) is 1. The first-order chi connectivity index (χ1) is 9.02. The minimum atomic E-state index is 0.0802. The number of amidine groups is 1. The smallest absolute Gasteiger partial charge is 0.172 e. The van der Waals surface area contributed by atoms with Gasteiger partial charge in [-0.2, -0.15) is 5.10 Å². The van der Waals surface area contributed by atoms with Crippen molar-refractivity contribution < 1.29 is 5.21 Å². The van der Waals surface area contributed by atoms with Gasteiger partial charge < -0.3 is 10.9 Å². The van der Waals surface area contributed by atoms with Gasteiger partial charge in [0.05, 0.1) is 11.4 Å². The maximum Gasteiger partial charge on any atom is 0.172 e. The molecule has 2 rings (SSSR count). The Morgan fingerprint density at radius 1 is 1.37 bits per heavy atom. The quantitative estimate of drug-likeness (QED) is 0.384. The molecule has 1 aromatic carbocycles. The third-order valence-corrected chi connectivity index (χ3v) is 2.98. The van der Waals surface area contributed by atoms with Crippen LogP contribution in [0.5, 0.6) is 0 Å². The van der Waals surface area contributed by atoms with Crippen molar-refractivity contribution in [3.63, 3.8) is 0 Å². The second-order valence-electron chi connectivity index (χ2n) is 4.85. The summed E-state index contributed by atoms with van der Waals surface area (Å²) in [6, 6.07) is 7.69. The van der Waals surface area contributed by atoms with E-state index in [1.165, 1.54) is 0 Å². The molecular weight excluding hydrogens is 240 g/mol. The van der Waals surface area contributed by atoms with Crippen LogP contribution in [0.15, 0.2) is 35.6 Å². The summed E-state index contributed by atoms with van der Waals surface area (Å²) in [5, 5.41) is 16.4. The lowest BCUT2D eigenvalue weighted by Crippen LogP contribution is -2.16. The van der Waals surface area contributed by atoms with Crippen LogP contribution in [0.1, 0.15) is 36.6 Å². The summed E-state index contributed by atoms with van der Waals surface area (Å²) < 4.78 is 1.76. The zero-order valence-electron chi connectivity index (χ0n) is 11.3. The molecule has 0 bridgehead atoms. The number of hydrogen-bond donors (Lipinski definition) is 2. The standard InChI is InChI=1S/C14H18N4O/c1-9(2)12-6-7-18(16-12)13-8-10(3)4-5-11(13)14(15)17-19/h4-9,19H,1-3H3,(H2,15,17). The second-order valence-corrected chi connectivity index (χ2v) is 4.85. The van der Waals surface area contributed by atoms with Gasteiger partial charge in [0.1, 0.15) is 0 Å². The maximum absolute atomic E-state index is 8.86. The highest BCUT2D eigenvalue weighted by Crippen LogP contribution is 2.18. The highest BCUT2D eigenvalue weighted by molar-refractivity contribution is 6.00. The lowest BCUT2D eigenvalue weighted by atomic mass is 10.1. The number of benzene rings is 1. The Labute approximate surface area is 112 Å². The average molecular weight is 258 g/mol. The highest BCUT2D eigenvalue weighted by Gasteiger charge is 2.11. The van der Waals surface area contributed by atoms with Crippen LogP contribution in [-0.4, -0.2) is 20.8 Å². The predicted molar refractivity (Wildman–Crippen MR) is 74.9 cm³/mol. The van der Waals surface area contributed by atoms with E-state index in [9.17, 15) is 0 Å². The van der Waals surface area contributed by atoms with Crippen LogP contribution in [0, 0.1) is 6.92 Å². The summed E-state index contributed by atoms with van der Waals surface area (Å²) in [5.41, 5.74) is 9.27. The van der Waals surface area contributed by atoms with E-state index in [0.717, 1.165) is 16.9 Å². The molecule has 1 aromatic heterocycles. The van der Waals surface area contributed by atoms with Crippen molar-refractivity contribution >= 4 is 5.84 Å². The van der Waals surface area contributed by atoms with Gasteiger partial charge >= 0.3 is 0 Å². The largest absolute Gasteiger partial charge is 0.409 e. The highest BCUT2D eigenvalue weighted by atomic mass is 16.4. The van der Waals surface area contributed by atoms with Crippen LogP contribution in [0.4, 0.5) is 0 Å². The van der Waals surface area contributed by atoms with Crippen LogP contribution in [0.3, 0.4) is 0 Å². The van der Waals surface area contributed by atoms with Crippen LogP contribution >= 0.6 is 0 Å². The summed E-state index contributed by atoms with van der Waals surface area (Å²) in [7, 11) is 0. The number of aryl methyl sites for hydroxylation is 1. The second kappa shape index (κ2) is 5.14. The Hall–Kier alpha value is -2.30. The molecule has 1 heterocycles. The molecular formula is C14H18N4O. The Balaban J connectivity index is 2.56. The maximum atomic E-state index is 8.86. The minimum absolute atomic E-state index is 0.0802. The minimum Gasteiger partial charge on any atom is -0.409 e. The van der Waals surface area contributed by atoms with E-state index in [0.29, 0.717) is 11.5 Å². The average Bonchev–Trinajstić information content (AvgIpc) is 2.87. The fourth-order valence-electron chi connectivity index (χ4n) is 1.88. The molecule has 0 amide bonds. The Bertz CT molecular complexity index is 614. The molecule has 3 N–H and O–H groups in total. The van der Waals surface area contributed by atoms with Crippen LogP contribution in [-0.2, 0) is 0 Å². The zero-order chi connectivity index (χ0) is 14.0. The Kier molecular flexibility index (Phi) is 3.55. The fraction of sp³-hybridized carbons (Fsp3) is 0.286. The molecule has 0 aliphatic rings. The first-order valence-corrected chi connectivity index (χ1v) is 6.17.